The molecule has 0 aliphatic carbocycles. The van der Waals surface area contributed by atoms with E-state index < -0.39 is 0 Å². The first-order valence-electron chi connectivity index (χ1n) is 7.61. The molecule has 0 aromatic rings. The summed E-state index contributed by atoms with van der Waals surface area (Å²) in [5, 5.41) is 0. The molecule has 0 N–H and O–H groups in total. The maximum absolute atomic E-state index is 2.62. The smallest absolute Gasteiger partial charge is 0.0352 e. The zero-order valence-electron chi connectivity index (χ0n) is 12.1. The summed E-state index contributed by atoms with van der Waals surface area (Å²) in [5.74, 6) is 1.84. The van der Waals surface area contributed by atoms with Gasteiger partial charge in [0.05, 0.1) is 0 Å². The summed E-state index contributed by atoms with van der Waals surface area (Å²) in [6, 6.07) is 0. The minimum absolute atomic E-state index is 0.885. The quantitative estimate of drug-likeness (QED) is 0.404. The number of hydrogen-bond donors (Lipinski definition) is 0. The lowest BCUT2D eigenvalue weighted by molar-refractivity contribution is 0.404. The van der Waals surface area contributed by atoms with E-state index in [-0.39, 0.29) is 0 Å². The molecule has 97 valence electrons. The molecule has 2 atom stereocenters. The van der Waals surface area contributed by atoms with E-state index in [4.69, 9.17) is 0 Å². The molecule has 0 aliphatic heterocycles. The average molecular weight is 225 g/mol. The largest absolute Gasteiger partial charge is 0.0654 e. The van der Waals surface area contributed by atoms with Crippen molar-refractivity contribution in [2.24, 2.45) is 11.8 Å². The van der Waals surface area contributed by atoms with Crippen LogP contribution < -0.4 is 0 Å². The summed E-state index contributed by atoms with van der Waals surface area (Å²) in [7, 11) is 0. The molecular weight excluding hydrogens is 192 g/mol. The molecule has 2 unspecified atom stereocenters. The molecular formula is C16H33. The third kappa shape index (κ3) is 8.19. The molecule has 0 aliphatic rings. The van der Waals surface area contributed by atoms with Crippen molar-refractivity contribution in [3.63, 3.8) is 0 Å². The van der Waals surface area contributed by atoms with E-state index in [9.17, 15) is 0 Å². The van der Waals surface area contributed by atoms with Crippen LogP contribution >= 0.6 is 0 Å². The van der Waals surface area contributed by atoms with Crippen LogP contribution in [-0.2, 0) is 0 Å². The Morgan fingerprint density at radius 3 is 1.94 bits per heavy atom. The number of hydrogen-bond acceptors (Lipinski definition) is 0. The first-order chi connectivity index (χ1) is 7.78. The predicted molar refractivity (Wildman–Crippen MR) is 75.5 cm³/mol. The van der Waals surface area contributed by atoms with Gasteiger partial charge in [-0.05, 0) is 24.7 Å². The molecule has 0 rings (SSSR count). The Bertz CT molecular complexity index is 112. The van der Waals surface area contributed by atoms with E-state index in [1.807, 2.05) is 0 Å². The summed E-state index contributed by atoms with van der Waals surface area (Å²) in [4.78, 5) is 0. The highest BCUT2D eigenvalue weighted by Gasteiger charge is 2.11. The van der Waals surface area contributed by atoms with Crippen LogP contribution in [0.15, 0.2) is 0 Å². The lowest BCUT2D eigenvalue weighted by atomic mass is 9.87. The minimum Gasteiger partial charge on any atom is -0.0654 e. The van der Waals surface area contributed by atoms with Gasteiger partial charge in [-0.3, -0.25) is 0 Å². The highest BCUT2D eigenvalue weighted by molar-refractivity contribution is 4.78. The molecule has 0 spiro atoms. The minimum atomic E-state index is 0.885. The SMILES string of the molecule is CCCCC([CH]CC(CC)CCCC)CC. The van der Waals surface area contributed by atoms with Gasteiger partial charge in [-0.2, -0.15) is 0 Å². The molecule has 16 heavy (non-hydrogen) atoms. The Balaban J connectivity index is 3.69. The Kier molecular flexibility index (Phi) is 11.5. The summed E-state index contributed by atoms with van der Waals surface area (Å²) in [6.07, 6.45) is 15.0. The van der Waals surface area contributed by atoms with Crippen molar-refractivity contribution in [2.75, 3.05) is 0 Å². The maximum atomic E-state index is 2.62. The third-order valence-electron chi connectivity index (χ3n) is 3.80. The van der Waals surface area contributed by atoms with Crippen molar-refractivity contribution >= 4 is 0 Å². The van der Waals surface area contributed by atoms with Crippen LogP contribution in [0.4, 0.5) is 0 Å². The van der Waals surface area contributed by atoms with Gasteiger partial charge >= 0.3 is 0 Å². The van der Waals surface area contributed by atoms with E-state index in [1.165, 1.54) is 57.8 Å². The Hall–Kier alpha value is 0. The maximum Gasteiger partial charge on any atom is -0.0352 e. The standard InChI is InChI=1S/C16H33/c1-5-9-11-15(7-3)13-14-16(8-4)12-10-6-2/h13,15-16H,5-12,14H2,1-4H3. The summed E-state index contributed by atoms with van der Waals surface area (Å²) < 4.78 is 0. The molecule has 0 nitrogen and oxygen atoms in total. The second-order valence-electron chi connectivity index (χ2n) is 5.20. The summed E-state index contributed by atoms with van der Waals surface area (Å²) in [6.45, 7) is 9.28. The van der Waals surface area contributed by atoms with Gasteiger partial charge in [0.1, 0.15) is 0 Å². The third-order valence-corrected chi connectivity index (χ3v) is 3.80. The molecule has 0 bridgehead atoms. The van der Waals surface area contributed by atoms with Crippen molar-refractivity contribution in [3.8, 4) is 0 Å². The Morgan fingerprint density at radius 2 is 1.44 bits per heavy atom. The summed E-state index contributed by atoms with van der Waals surface area (Å²) >= 11 is 0. The second kappa shape index (κ2) is 11.5. The van der Waals surface area contributed by atoms with Gasteiger partial charge in [0.25, 0.3) is 0 Å². The normalized spacial score (nSPS) is 15.0. The molecule has 0 aromatic heterocycles. The predicted octanol–water partition coefficient (Wildman–Crippen LogP) is 6.01. The first-order valence-corrected chi connectivity index (χ1v) is 7.61. The first kappa shape index (κ1) is 16.0. The molecule has 0 saturated heterocycles. The molecule has 0 amide bonds. The molecule has 1 radical (unpaired) electrons. The van der Waals surface area contributed by atoms with E-state index in [0.29, 0.717) is 0 Å². The van der Waals surface area contributed by atoms with Crippen molar-refractivity contribution < 1.29 is 0 Å². The van der Waals surface area contributed by atoms with Gasteiger partial charge in [-0.25, -0.2) is 0 Å². The fourth-order valence-electron chi connectivity index (χ4n) is 2.32. The van der Waals surface area contributed by atoms with Gasteiger partial charge in [0.15, 0.2) is 0 Å². The molecule has 0 saturated carbocycles. The van der Waals surface area contributed by atoms with Crippen LogP contribution in [-0.4, -0.2) is 0 Å². The molecule has 0 aromatic carbocycles. The number of unbranched alkanes of at least 4 members (excludes halogenated alkanes) is 2. The van der Waals surface area contributed by atoms with Crippen LogP contribution in [0.2, 0.25) is 0 Å². The van der Waals surface area contributed by atoms with Crippen LogP contribution in [0.5, 0.6) is 0 Å². The van der Waals surface area contributed by atoms with Gasteiger partial charge in [-0.1, -0.05) is 79.1 Å². The lowest BCUT2D eigenvalue weighted by Gasteiger charge is -2.19. The Labute approximate surface area is 104 Å². The van der Waals surface area contributed by atoms with E-state index in [0.717, 1.165) is 11.8 Å². The van der Waals surface area contributed by atoms with Crippen molar-refractivity contribution in [2.45, 2.75) is 85.5 Å². The van der Waals surface area contributed by atoms with Crippen molar-refractivity contribution in [3.05, 3.63) is 6.42 Å². The van der Waals surface area contributed by atoms with E-state index in [1.54, 1.807) is 0 Å². The summed E-state index contributed by atoms with van der Waals surface area (Å²) in [5.41, 5.74) is 0. The monoisotopic (exact) mass is 225 g/mol. The van der Waals surface area contributed by atoms with Crippen molar-refractivity contribution in [1.29, 1.82) is 0 Å². The number of rotatable bonds is 11. The van der Waals surface area contributed by atoms with Gasteiger partial charge in [0.2, 0.25) is 0 Å². The lowest BCUT2D eigenvalue weighted by Crippen LogP contribution is -2.06. The Morgan fingerprint density at radius 1 is 0.812 bits per heavy atom. The topological polar surface area (TPSA) is 0 Å². The average Bonchev–Trinajstić information content (AvgIpc) is 2.33. The van der Waals surface area contributed by atoms with E-state index in [2.05, 4.69) is 34.1 Å². The van der Waals surface area contributed by atoms with E-state index >= 15 is 0 Å². The van der Waals surface area contributed by atoms with Crippen LogP contribution in [0, 0.1) is 18.3 Å². The highest BCUT2D eigenvalue weighted by atomic mass is 14.2. The zero-order valence-corrected chi connectivity index (χ0v) is 12.1. The van der Waals surface area contributed by atoms with Crippen LogP contribution in [0.3, 0.4) is 0 Å². The molecule has 0 heterocycles. The second-order valence-corrected chi connectivity index (χ2v) is 5.20. The van der Waals surface area contributed by atoms with Crippen molar-refractivity contribution in [1.82, 2.24) is 0 Å². The fourth-order valence-corrected chi connectivity index (χ4v) is 2.32. The highest BCUT2D eigenvalue weighted by Crippen LogP contribution is 2.24. The zero-order chi connectivity index (χ0) is 12.2. The fraction of sp³-hybridized carbons (Fsp3) is 0.938. The van der Waals surface area contributed by atoms with Gasteiger partial charge < -0.3 is 0 Å². The van der Waals surface area contributed by atoms with Crippen LogP contribution in [0.1, 0.15) is 85.5 Å². The molecule has 0 heteroatoms. The van der Waals surface area contributed by atoms with Gasteiger partial charge in [0, 0.05) is 0 Å². The van der Waals surface area contributed by atoms with Crippen LogP contribution in [0.25, 0.3) is 0 Å². The molecule has 0 fully saturated rings. The van der Waals surface area contributed by atoms with Gasteiger partial charge in [-0.15, -0.1) is 0 Å².